The Bertz CT molecular complexity index is 716. The molecule has 0 spiro atoms. The lowest BCUT2D eigenvalue weighted by molar-refractivity contribution is -0.153. The number of aliphatic hydroxyl groups is 1. The fraction of sp³-hybridized carbons (Fsp3) is 0.579. The predicted molar refractivity (Wildman–Crippen MR) is 92.2 cm³/mol. The second kappa shape index (κ2) is 6.89. The van der Waals surface area contributed by atoms with Gasteiger partial charge in [0.05, 0.1) is 19.1 Å². The van der Waals surface area contributed by atoms with Gasteiger partial charge in [-0.05, 0) is 37.5 Å². The van der Waals surface area contributed by atoms with E-state index in [1.165, 1.54) is 0 Å². The van der Waals surface area contributed by atoms with E-state index in [4.69, 9.17) is 14.6 Å². The molecule has 1 aromatic rings. The monoisotopic (exact) mass is 361 g/mol. The largest absolute Gasteiger partial charge is 0.487 e. The lowest BCUT2D eigenvalue weighted by atomic mass is 9.83. The van der Waals surface area contributed by atoms with Crippen LogP contribution >= 0.6 is 0 Å². The molecule has 26 heavy (non-hydrogen) atoms. The zero-order chi connectivity index (χ0) is 18.3. The summed E-state index contributed by atoms with van der Waals surface area (Å²) in [6, 6.07) is 5.55. The van der Waals surface area contributed by atoms with Crippen LogP contribution in [0, 0.1) is 5.92 Å². The van der Waals surface area contributed by atoms with Crippen LogP contribution in [0.25, 0.3) is 0 Å². The van der Waals surface area contributed by atoms with Crippen molar-refractivity contribution in [2.75, 3.05) is 11.9 Å². The van der Waals surface area contributed by atoms with Gasteiger partial charge < -0.3 is 25.0 Å². The molecule has 7 heteroatoms. The number of ether oxygens (including phenoxy) is 2. The van der Waals surface area contributed by atoms with Crippen molar-refractivity contribution in [2.45, 2.75) is 56.3 Å². The number of aliphatic hydroxyl groups excluding tert-OH is 1. The van der Waals surface area contributed by atoms with Crippen molar-refractivity contribution in [3.05, 3.63) is 23.8 Å². The number of carboxylic acids is 1. The van der Waals surface area contributed by atoms with Gasteiger partial charge in [-0.1, -0.05) is 6.42 Å². The summed E-state index contributed by atoms with van der Waals surface area (Å²) in [4.78, 5) is 23.2. The van der Waals surface area contributed by atoms with E-state index in [1.54, 1.807) is 0 Å². The van der Waals surface area contributed by atoms with Crippen LogP contribution < -0.4 is 10.1 Å². The molecule has 3 N–H and O–H groups in total. The summed E-state index contributed by atoms with van der Waals surface area (Å²) in [6.07, 6.45) is 2.04. The van der Waals surface area contributed by atoms with E-state index >= 15 is 0 Å². The van der Waals surface area contributed by atoms with E-state index < -0.39 is 18.2 Å². The van der Waals surface area contributed by atoms with Gasteiger partial charge in [0.1, 0.15) is 18.0 Å². The van der Waals surface area contributed by atoms with Crippen LogP contribution in [0.1, 0.15) is 43.6 Å². The standard InChI is InChI=1S/C19H23NO6/c21-9-16-18-14(7-12(25-16)8-17(22)23)13-6-11(4-5-15(13)26-18)20-19(24)10-2-1-3-10/h4-6,10,12,14,16,18,21H,1-3,7-9H2,(H,20,24)(H,22,23)/t12-,14-,16+,18+/m0/s1. The Labute approximate surface area is 151 Å². The number of rotatable bonds is 5. The Kier molecular flexibility index (Phi) is 4.58. The molecular formula is C19H23NO6. The summed E-state index contributed by atoms with van der Waals surface area (Å²) in [7, 11) is 0. The average Bonchev–Trinajstić information content (AvgIpc) is 2.90. The molecule has 4 rings (SSSR count). The van der Waals surface area contributed by atoms with Crippen molar-refractivity contribution >= 4 is 17.6 Å². The first-order valence-corrected chi connectivity index (χ1v) is 9.14. The van der Waals surface area contributed by atoms with Gasteiger partial charge in [-0.2, -0.15) is 0 Å². The lowest BCUT2D eigenvalue weighted by Gasteiger charge is -2.36. The van der Waals surface area contributed by atoms with Crippen LogP contribution in [0.2, 0.25) is 0 Å². The molecule has 1 aliphatic carbocycles. The van der Waals surface area contributed by atoms with Crippen LogP contribution in [0.15, 0.2) is 18.2 Å². The van der Waals surface area contributed by atoms with Gasteiger partial charge >= 0.3 is 5.97 Å². The van der Waals surface area contributed by atoms with Gasteiger partial charge in [-0.15, -0.1) is 0 Å². The molecule has 2 aliphatic heterocycles. The van der Waals surface area contributed by atoms with Crippen molar-refractivity contribution < 1.29 is 29.3 Å². The number of carboxylic acid groups (broad SMARTS) is 1. The maximum absolute atomic E-state index is 12.2. The molecule has 3 aliphatic rings. The number of hydrogen-bond acceptors (Lipinski definition) is 5. The number of amides is 1. The molecule has 0 unspecified atom stereocenters. The summed E-state index contributed by atoms with van der Waals surface area (Å²) in [6.45, 7) is -0.226. The molecule has 1 saturated heterocycles. The van der Waals surface area contributed by atoms with Gasteiger partial charge in [0, 0.05) is 23.1 Å². The number of hydrogen-bond donors (Lipinski definition) is 3. The first-order valence-electron chi connectivity index (χ1n) is 9.14. The highest BCUT2D eigenvalue weighted by molar-refractivity contribution is 5.93. The number of anilines is 1. The first-order chi connectivity index (χ1) is 12.5. The average molecular weight is 361 g/mol. The van der Waals surface area contributed by atoms with Gasteiger partial charge in [0.2, 0.25) is 5.91 Å². The Hall–Kier alpha value is -2.12. The van der Waals surface area contributed by atoms with E-state index in [9.17, 15) is 14.7 Å². The second-order valence-electron chi connectivity index (χ2n) is 7.37. The van der Waals surface area contributed by atoms with Crippen LogP contribution in [0.5, 0.6) is 5.75 Å². The zero-order valence-electron chi connectivity index (χ0n) is 14.4. The number of carbonyl (C=O) groups excluding carboxylic acids is 1. The van der Waals surface area contributed by atoms with Gasteiger partial charge in [-0.3, -0.25) is 9.59 Å². The fourth-order valence-corrected chi connectivity index (χ4v) is 4.08. The van der Waals surface area contributed by atoms with E-state index in [0.717, 1.165) is 30.5 Å². The third-order valence-electron chi connectivity index (χ3n) is 5.65. The highest BCUT2D eigenvalue weighted by Crippen LogP contribution is 2.47. The predicted octanol–water partition coefficient (Wildman–Crippen LogP) is 1.89. The minimum absolute atomic E-state index is 0.0515. The third kappa shape index (κ3) is 3.17. The van der Waals surface area contributed by atoms with Crippen molar-refractivity contribution in [3.8, 4) is 5.75 Å². The van der Waals surface area contributed by atoms with E-state index in [2.05, 4.69) is 5.32 Å². The summed E-state index contributed by atoms with van der Waals surface area (Å²) >= 11 is 0. The van der Waals surface area contributed by atoms with Crippen molar-refractivity contribution in [1.29, 1.82) is 0 Å². The Balaban J connectivity index is 1.54. The number of carbonyl (C=O) groups is 2. The molecule has 0 radical (unpaired) electrons. The molecule has 7 nitrogen and oxygen atoms in total. The maximum Gasteiger partial charge on any atom is 0.305 e. The normalized spacial score (nSPS) is 29.9. The molecule has 0 aromatic heterocycles. The van der Waals surface area contributed by atoms with Crippen LogP contribution in [0.3, 0.4) is 0 Å². The smallest absolute Gasteiger partial charge is 0.305 e. The molecule has 1 saturated carbocycles. The zero-order valence-corrected chi connectivity index (χ0v) is 14.4. The molecular weight excluding hydrogens is 338 g/mol. The summed E-state index contributed by atoms with van der Waals surface area (Å²) in [5.74, 6) is -0.115. The van der Waals surface area contributed by atoms with E-state index in [0.29, 0.717) is 12.2 Å². The van der Waals surface area contributed by atoms with Crippen molar-refractivity contribution in [1.82, 2.24) is 0 Å². The maximum atomic E-state index is 12.2. The summed E-state index contributed by atoms with van der Waals surface area (Å²) in [5, 5.41) is 21.7. The van der Waals surface area contributed by atoms with Crippen molar-refractivity contribution in [3.63, 3.8) is 0 Å². The number of aliphatic carboxylic acids is 1. The SMILES string of the molecule is O=C(O)C[C@@H]1C[C@H]2c3cc(NC(=O)C4CCC4)ccc3O[C@H]2[C@@H](CO)O1. The molecule has 1 amide bonds. The minimum atomic E-state index is -0.925. The molecule has 1 aromatic carbocycles. The Morgan fingerprint density at radius 3 is 2.73 bits per heavy atom. The Morgan fingerprint density at radius 2 is 2.08 bits per heavy atom. The van der Waals surface area contributed by atoms with Crippen LogP contribution in [-0.4, -0.2) is 47.0 Å². The van der Waals surface area contributed by atoms with Gasteiger partial charge in [0.25, 0.3) is 0 Å². The lowest BCUT2D eigenvalue weighted by Crippen LogP contribution is -2.46. The van der Waals surface area contributed by atoms with E-state index in [-0.39, 0.29) is 36.9 Å². The minimum Gasteiger partial charge on any atom is -0.487 e. The highest BCUT2D eigenvalue weighted by atomic mass is 16.6. The summed E-state index contributed by atoms with van der Waals surface area (Å²) in [5.41, 5.74) is 1.67. The number of fused-ring (bicyclic) bond motifs is 3. The fourth-order valence-electron chi connectivity index (χ4n) is 4.08. The molecule has 4 atom stereocenters. The topological polar surface area (TPSA) is 105 Å². The van der Waals surface area contributed by atoms with E-state index in [1.807, 2.05) is 18.2 Å². The number of benzene rings is 1. The van der Waals surface area contributed by atoms with Crippen LogP contribution in [0.4, 0.5) is 5.69 Å². The quantitative estimate of drug-likeness (QED) is 0.740. The molecule has 0 bridgehead atoms. The summed E-state index contributed by atoms with van der Waals surface area (Å²) < 4.78 is 11.7. The van der Waals surface area contributed by atoms with Crippen molar-refractivity contribution in [2.24, 2.45) is 5.92 Å². The molecule has 2 heterocycles. The van der Waals surface area contributed by atoms with Gasteiger partial charge in [-0.25, -0.2) is 0 Å². The Morgan fingerprint density at radius 1 is 1.27 bits per heavy atom. The first kappa shape index (κ1) is 17.3. The highest BCUT2D eigenvalue weighted by Gasteiger charge is 2.46. The molecule has 2 fully saturated rings. The van der Waals surface area contributed by atoms with Crippen LogP contribution in [-0.2, 0) is 14.3 Å². The molecule has 140 valence electrons. The second-order valence-corrected chi connectivity index (χ2v) is 7.37. The van der Waals surface area contributed by atoms with Gasteiger partial charge in [0.15, 0.2) is 0 Å². The third-order valence-corrected chi connectivity index (χ3v) is 5.65. The number of nitrogens with one attached hydrogen (secondary N) is 1.